The Balaban J connectivity index is 1.21. The van der Waals surface area contributed by atoms with Crippen molar-refractivity contribution in [2.45, 2.75) is 26.7 Å². The van der Waals surface area contributed by atoms with Gasteiger partial charge < -0.3 is 15.5 Å². The normalized spacial score (nSPS) is 14.4. The van der Waals surface area contributed by atoms with E-state index >= 15 is 0 Å². The second-order valence-electron chi connectivity index (χ2n) is 8.42. The predicted octanol–water partition coefficient (Wildman–Crippen LogP) is 5.48. The topological polar surface area (TPSA) is 87.2 Å². The third kappa shape index (κ3) is 4.53. The first kappa shape index (κ1) is 22.5. The Kier molecular flexibility index (Phi) is 6.30. The van der Waals surface area contributed by atoms with Crippen molar-refractivity contribution in [2.24, 2.45) is 5.92 Å². The van der Waals surface area contributed by atoms with Crippen molar-refractivity contribution < 1.29 is 9.59 Å². The predicted molar refractivity (Wildman–Crippen MR) is 139 cm³/mol. The zero-order valence-electron chi connectivity index (χ0n) is 19.0. The van der Waals surface area contributed by atoms with Gasteiger partial charge in [-0.15, -0.1) is 22.7 Å². The van der Waals surface area contributed by atoms with Gasteiger partial charge in [0.1, 0.15) is 17.0 Å². The highest BCUT2D eigenvalue weighted by atomic mass is 32.1. The molecule has 0 saturated carbocycles. The lowest BCUT2D eigenvalue weighted by molar-refractivity contribution is -0.120. The minimum atomic E-state index is -0.152. The van der Waals surface area contributed by atoms with Crippen LogP contribution in [0.3, 0.4) is 0 Å². The van der Waals surface area contributed by atoms with Gasteiger partial charge in [0, 0.05) is 35.3 Å². The molecule has 5 rings (SSSR count). The average molecular weight is 492 g/mol. The van der Waals surface area contributed by atoms with Gasteiger partial charge in [-0.25, -0.2) is 9.97 Å². The van der Waals surface area contributed by atoms with Crippen molar-refractivity contribution in [2.75, 3.05) is 28.6 Å². The Labute approximate surface area is 205 Å². The standard InChI is InChI=1S/C25H25N5O2S2/c1-15-16(2)34-25-21(15)22(26-14-27-25)30-10-8-17(9-11-30)23(31)28-18-5-3-6-19(13-18)29-24(32)20-7-4-12-33-20/h3-7,12-14,17H,8-11H2,1-2H3,(H,28,31)(H,29,32). The van der Waals surface area contributed by atoms with Gasteiger partial charge in [0.15, 0.2) is 0 Å². The highest BCUT2D eigenvalue weighted by Crippen LogP contribution is 2.35. The molecule has 0 aliphatic carbocycles. The van der Waals surface area contributed by atoms with Gasteiger partial charge in [-0.2, -0.15) is 0 Å². The number of amides is 2. The van der Waals surface area contributed by atoms with Crippen molar-refractivity contribution in [3.8, 4) is 0 Å². The summed E-state index contributed by atoms with van der Waals surface area (Å²) in [6.45, 7) is 5.79. The Morgan fingerprint density at radius 2 is 1.79 bits per heavy atom. The van der Waals surface area contributed by atoms with Crippen molar-refractivity contribution in [1.29, 1.82) is 0 Å². The van der Waals surface area contributed by atoms with Crippen molar-refractivity contribution >= 4 is 61.9 Å². The van der Waals surface area contributed by atoms with E-state index in [-0.39, 0.29) is 17.7 Å². The van der Waals surface area contributed by atoms with E-state index in [1.165, 1.54) is 21.8 Å². The number of hydrogen-bond acceptors (Lipinski definition) is 7. The second-order valence-corrected chi connectivity index (χ2v) is 10.6. The molecule has 0 spiro atoms. The number of nitrogens with one attached hydrogen (secondary N) is 2. The van der Waals surface area contributed by atoms with Crippen LogP contribution < -0.4 is 15.5 Å². The van der Waals surface area contributed by atoms with Gasteiger partial charge in [-0.05, 0) is 61.9 Å². The molecule has 34 heavy (non-hydrogen) atoms. The van der Waals surface area contributed by atoms with E-state index in [0.29, 0.717) is 16.3 Å². The van der Waals surface area contributed by atoms with Gasteiger partial charge in [0.05, 0.1) is 10.3 Å². The molecular formula is C25H25N5O2S2. The number of carbonyl (C=O) groups is 2. The molecule has 1 fully saturated rings. The summed E-state index contributed by atoms with van der Waals surface area (Å²) in [6.07, 6.45) is 3.15. The van der Waals surface area contributed by atoms with Crippen LogP contribution in [0.15, 0.2) is 48.1 Å². The maximum Gasteiger partial charge on any atom is 0.265 e. The molecule has 0 atom stereocenters. The fourth-order valence-corrected chi connectivity index (χ4v) is 5.89. The number of aryl methyl sites for hydroxylation is 2. The third-order valence-electron chi connectivity index (χ3n) is 6.24. The number of benzene rings is 1. The smallest absolute Gasteiger partial charge is 0.265 e. The molecule has 2 N–H and O–H groups in total. The number of thiophene rings is 2. The van der Waals surface area contributed by atoms with Gasteiger partial charge in [-0.1, -0.05) is 12.1 Å². The minimum Gasteiger partial charge on any atom is -0.356 e. The number of hydrogen-bond donors (Lipinski definition) is 2. The number of rotatable bonds is 5. The summed E-state index contributed by atoms with van der Waals surface area (Å²) in [7, 11) is 0. The van der Waals surface area contributed by atoms with Crippen molar-refractivity contribution in [3.05, 3.63) is 63.4 Å². The summed E-state index contributed by atoms with van der Waals surface area (Å²) in [5.41, 5.74) is 2.57. The molecule has 0 unspecified atom stereocenters. The fourth-order valence-electron chi connectivity index (χ4n) is 4.28. The number of aromatic nitrogens is 2. The third-order valence-corrected chi connectivity index (χ3v) is 8.23. The van der Waals surface area contributed by atoms with E-state index in [2.05, 4.69) is 39.3 Å². The lowest BCUT2D eigenvalue weighted by Crippen LogP contribution is -2.38. The maximum atomic E-state index is 13.0. The molecule has 3 aromatic heterocycles. The fraction of sp³-hybridized carbons (Fsp3) is 0.280. The van der Waals surface area contributed by atoms with Crippen LogP contribution in [-0.4, -0.2) is 34.9 Å². The highest BCUT2D eigenvalue weighted by molar-refractivity contribution is 7.18. The van der Waals surface area contributed by atoms with E-state index in [1.807, 2.05) is 29.6 Å². The first-order valence-corrected chi connectivity index (χ1v) is 12.9. The molecule has 2 amide bonds. The molecule has 0 bridgehead atoms. The van der Waals surface area contributed by atoms with Crippen LogP contribution >= 0.6 is 22.7 Å². The van der Waals surface area contributed by atoms with Crippen molar-refractivity contribution in [1.82, 2.24) is 9.97 Å². The number of piperidine rings is 1. The Bertz CT molecular complexity index is 1340. The SMILES string of the molecule is Cc1sc2ncnc(N3CCC(C(=O)Nc4cccc(NC(=O)c5cccs5)c4)CC3)c2c1C. The van der Waals surface area contributed by atoms with Gasteiger partial charge in [0.25, 0.3) is 5.91 Å². The molecular weight excluding hydrogens is 466 g/mol. The van der Waals surface area contributed by atoms with E-state index in [9.17, 15) is 9.59 Å². The summed E-state index contributed by atoms with van der Waals surface area (Å²) in [5.74, 6) is 0.764. The molecule has 7 nitrogen and oxygen atoms in total. The number of fused-ring (bicyclic) bond motifs is 1. The molecule has 1 aromatic carbocycles. The van der Waals surface area contributed by atoms with Crippen LogP contribution in [0, 0.1) is 19.8 Å². The average Bonchev–Trinajstić information content (AvgIpc) is 3.48. The minimum absolute atomic E-state index is 0.0109. The number of carbonyl (C=O) groups excluding carboxylic acids is 2. The molecule has 174 valence electrons. The number of nitrogens with zero attached hydrogens (tertiary/aromatic N) is 3. The maximum absolute atomic E-state index is 13.0. The molecule has 4 aromatic rings. The van der Waals surface area contributed by atoms with E-state index in [0.717, 1.165) is 42.0 Å². The van der Waals surface area contributed by atoms with Crippen LogP contribution in [0.5, 0.6) is 0 Å². The molecule has 1 saturated heterocycles. The molecule has 9 heteroatoms. The summed E-state index contributed by atoms with van der Waals surface area (Å²) in [6, 6.07) is 10.9. The first-order chi connectivity index (χ1) is 16.5. The highest BCUT2D eigenvalue weighted by Gasteiger charge is 2.27. The van der Waals surface area contributed by atoms with Crippen LogP contribution in [0.4, 0.5) is 17.2 Å². The lowest BCUT2D eigenvalue weighted by atomic mass is 9.95. The molecule has 4 heterocycles. The van der Waals surface area contributed by atoms with E-state index in [4.69, 9.17) is 0 Å². The quantitative estimate of drug-likeness (QED) is 0.386. The van der Waals surface area contributed by atoms with Crippen LogP contribution in [0.1, 0.15) is 33.0 Å². The molecule has 1 aliphatic rings. The van der Waals surface area contributed by atoms with Crippen molar-refractivity contribution in [3.63, 3.8) is 0 Å². The Morgan fingerprint density at radius 3 is 2.53 bits per heavy atom. The monoisotopic (exact) mass is 491 g/mol. The van der Waals surface area contributed by atoms with Crippen LogP contribution in [0.25, 0.3) is 10.2 Å². The number of anilines is 3. The Hall–Kier alpha value is -3.30. The summed E-state index contributed by atoms with van der Waals surface area (Å²) < 4.78 is 0. The summed E-state index contributed by atoms with van der Waals surface area (Å²) in [5, 5.41) is 8.91. The second kappa shape index (κ2) is 9.52. The van der Waals surface area contributed by atoms with Crippen LogP contribution in [-0.2, 0) is 4.79 Å². The lowest BCUT2D eigenvalue weighted by Gasteiger charge is -2.32. The van der Waals surface area contributed by atoms with Gasteiger partial charge >= 0.3 is 0 Å². The van der Waals surface area contributed by atoms with Gasteiger partial charge in [0.2, 0.25) is 5.91 Å². The first-order valence-electron chi connectivity index (χ1n) is 11.2. The Morgan fingerprint density at radius 1 is 1.03 bits per heavy atom. The van der Waals surface area contributed by atoms with E-state index < -0.39 is 0 Å². The zero-order chi connectivity index (χ0) is 23.7. The van der Waals surface area contributed by atoms with Crippen LogP contribution in [0.2, 0.25) is 0 Å². The van der Waals surface area contributed by atoms with E-state index in [1.54, 1.807) is 29.8 Å². The summed E-state index contributed by atoms with van der Waals surface area (Å²) in [4.78, 5) is 39.5. The largest absolute Gasteiger partial charge is 0.356 e. The summed E-state index contributed by atoms with van der Waals surface area (Å²) >= 11 is 3.09. The van der Waals surface area contributed by atoms with Gasteiger partial charge in [-0.3, -0.25) is 9.59 Å². The molecule has 1 aliphatic heterocycles. The molecule has 0 radical (unpaired) electrons. The zero-order valence-corrected chi connectivity index (χ0v) is 20.6.